The summed E-state index contributed by atoms with van der Waals surface area (Å²) in [6.45, 7) is -0.0753. The minimum absolute atomic E-state index is 0.111. The molecule has 8 nitrogen and oxygen atoms in total. The van der Waals surface area contributed by atoms with Gasteiger partial charge in [-0.25, -0.2) is 4.79 Å². The average molecular weight is 608 g/mol. The third-order valence-electron chi connectivity index (χ3n) is 9.06. The molecule has 6 atom stereocenters. The Bertz CT molecular complexity index is 1550. The number of epoxide rings is 1. The van der Waals surface area contributed by atoms with Crippen LogP contribution in [0.2, 0.25) is 0 Å². The van der Waals surface area contributed by atoms with Crippen LogP contribution in [0, 0.1) is 5.92 Å². The zero-order valence-corrected chi connectivity index (χ0v) is 24.9. The maximum absolute atomic E-state index is 13.6. The maximum Gasteiger partial charge on any atom is 0.338 e. The molecule has 3 aromatic carbocycles. The summed E-state index contributed by atoms with van der Waals surface area (Å²) < 4.78 is 25.3. The van der Waals surface area contributed by atoms with Gasteiger partial charge in [0.1, 0.15) is 18.3 Å². The highest BCUT2D eigenvalue weighted by molar-refractivity contribution is 5.94. The van der Waals surface area contributed by atoms with Crippen molar-refractivity contribution in [3.63, 3.8) is 0 Å². The molecule has 1 amide bonds. The van der Waals surface area contributed by atoms with E-state index < -0.39 is 30.1 Å². The summed E-state index contributed by atoms with van der Waals surface area (Å²) in [4.78, 5) is 26.7. The summed E-state index contributed by atoms with van der Waals surface area (Å²) in [5.74, 6) is -1.65. The van der Waals surface area contributed by atoms with Gasteiger partial charge in [0.15, 0.2) is 0 Å². The molecule has 0 spiro atoms. The molecule has 2 saturated heterocycles. The fourth-order valence-corrected chi connectivity index (χ4v) is 6.71. The van der Waals surface area contributed by atoms with Crippen molar-refractivity contribution in [2.45, 2.75) is 62.0 Å². The van der Waals surface area contributed by atoms with Gasteiger partial charge < -0.3 is 29.4 Å². The number of rotatable bonds is 9. The van der Waals surface area contributed by atoms with E-state index in [-0.39, 0.29) is 25.5 Å². The van der Waals surface area contributed by atoms with Gasteiger partial charge in [0.25, 0.3) is 0 Å². The van der Waals surface area contributed by atoms with Gasteiger partial charge in [0.2, 0.25) is 11.7 Å². The summed E-state index contributed by atoms with van der Waals surface area (Å²) in [6.07, 6.45) is 8.15. The normalized spacial score (nSPS) is 28.1. The minimum atomic E-state index is -1.27. The zero-order chi connectivity index (χ0) is 30.8. The van der Waals surface area contributed by atoms with Crippen LogP contribution in [0.15, 0.2) is 103 Å². The second-order valence-electron chi connectivity index (χ2n) is 12.1. The van der Waals surface area contributed by atoms with E-state index in [2.05, 4.69) is 17.5 Å². The Hall–Kier alpha value is -4.08. The number of carbonyl (C=O) groups is 2. The van der Waals surface area contributed by atoms with Gasteiger partial charge in [-0.1, -0.05) is 84.9 Å². The summed E-state index contributed by atoms with van der Waals surface area (Å²) in [5.41, 5.74) is 3.32. The van der Waals surface area contributed by atoms with Gasteiger partial charge in [0, 0.05) is 29.7 Å². The standard InChI is InChI=1S/C37H37NO7/c39-19-18-38-35(40)27-22-32(43-36(41)26-9-7-8-24(20-26)14-15-25-16-17-30-31(21-25)42-30)34-33(23-27)44-37(45-34,28-10-3-1-4-11-28)29-12-5-2-6-13-29/h1-15,20,23,25,30-34,39H,16-19,21-22H2,(H,38,40). The molecular formula is C37H37NO7. The first-order chi connectivity index (χ1) is 22.0. The number of fused-ring (bicyclic) bond motifs is 2. The van der Waals surface area contributed by atoms with E-state index >= 15 is 0 Å². The van der Waals surface area contributed by atoms with Crippen molar-refractivity contribution in [3.8, 4) is 0 Å². The fraction of sp³-hybridized carbons (Fsp3) is 0.351. The average Bonchev–Trinajstić information content (AvgIpc) is 3.76. The van der Waals surface area contributed by atoms with Crippen molar-refractivity contribution >= 4 is 18.0 Å². The number of ether oxygens (including phenoxy) is 4. The van der Waals surface area contributed by atoms with Gasteiger partial charge in [-0.3, -0.25) is 4.79 Å². The van der Waals surface area contributed by atoms with Crippen molar-refractivity contribution in [1.82, 2.24) is 5.32 Å². The second kappa shape index (κ2) is 12.7. The first-order valence-electron chi connectivity index (χ1n) is 15.7. The van der Waals surface area contributed by atoms with Crippen LogP contribution < -0.4 is 5.32 Å². The van der Waals surface area contributed by atoms with E-state index in [0.29, 0.717) is 29.3 Å². The van der Waals surface area contributed by atoms with Gasteiger partial charge in [-0.05, 0) is 49.0 Å². The number of hydrogen-bond acceptors (Lipinski definition) is 7. The highest BCUT2D eigenvalue weighted by atomic mass is 16.8. The van der Waals surface area contributed by atoms with E-state index in [1.807, 2.05) is 78.9 Å². The Morgan fingerprint density at radius 1 is 0.933 bits per heavy atom. The van der Waals surface area contributed by atoms with Crippen LogP contribution in [0.1, 0.15) is 52.7 Å². The number of allylic oxidation sites excluding steroid dienone is 1. The summed E-state index contributed by atoms with van der Waals surface area (Å²) >= 11 is 0. The molecule has 2 heterocycles. The Morgan fingerprint density at radius 2 is 1.69 bits per heavy atom. The third kappa shape index (κ3) is 6.24. The quantitative estimate of drug-likeness (QED) is 0.263. The lowest BCUT2D eigenvalue weighted by atomic mass is 9.88. The second-order valence-corrected chi connectivity index (χ2v) is 12.1. The smallest absolute Gasteiger partial charge is 0.338 e. The minimum Gasteiger partial charge on any atom is -0.456 e. The number of esters is 1. The van der Waals surface area contributed by atoms with Crippen LogP contribution in [0.25, 0.3) is 6.08 Å². The monoisotopic (exact) mass is 607 g/mol. The molecule has 45 heavy (non-hydrogen) atoms. The SMILES string of the molecule is O=C(NCCO)C1=CC2OC(c3ccccc3)(c3ccccc3)OC2C(OC(=O)c2cccc(C=CC3CCC4OC4C3)c2)C1. The van der Waals surface area contributed by atoms with Crippen molar-refractivity contribution < 1.29 is 33.6 Å². The van der Waals surface area contributed by atoms with E-state index in [0.717, 1.165) is 36.0 Å². The molecule has 0 radical (unpaired) electrons. The van der Waals surface area contributed by atoms with Crippen molar-refractivity contribution in [2.24, 2.45) is 5.92 Å². The van der Waals surface area contributed by atoms with E-state index in [1.165, 1.54) is 0 Å². The van der Waals surface area contributed by atoms with Crippen LogP contribution in [0.5, 0.6) is 0 Å². The predicted octanol–water partition coefficient (Wildman–Crippen LogP) is 4.92. The lowest BCUT2D eigenvalue weighted by Gasteiger charge is -2.31. The topological polar surface area (TPSA) is 107 Å². The number of carbonyl (C=O) groups excluding carboxylic acids is 2. The summed E-state index contributed by atoms with van der Waals surface area (Å²) in [6, 6.07) is 26.6. The molecular weight excluding hydrogens is 570 g/mol. The molecule has 8 heteroatoms. The van der Waals surface area contributed by atoms with Gasteiger partial charge in [0.05, 0.1) is 24.4 Å². The largest absolute Gasteiger partial charge is 0.456 e. The molecule has 6 unspecified atom stereocenters. The fourth-order valence-electron chi connectivity index (χ4n) is 6.71. The molecule has 0 aromatic heterocycles. The lowest BCUT2D eigenvalue weighted by molar-refractivity contribution is -0.157. The Balaban J connectivity index is 1.15. The van der Waals surface area contributed by atoms with Crippen molar-refractivity contribution in [2.75, 3.05) is 13.2 Å². The van der Waals surface area contributed by atoms with Crippen LogP contribution >= 0.6 is 0 Å². The van der Waals surface area contributed by atoms with Crippen LogP contribution in [0.3, 0.4) is 0 Å². The number of amides is 1. The van der Waals surface area contributed by atoms with Crippen LogP contribution in [0.4, 0.5) is 0 Å². The molecule has 1 saturated carbocycles. The Kier molecular flexibility index (Phi) is 8.38. The molecule has 3 aromatic rings. The van der Waals surface area contributed by atoms with Gasteiger partial charge in [-0.2, -0.15) is 0 Å². The molecule has 2 N–H and O–H groups in total. The number of aliphatic hydroxyl groups excluding tert-OH is 1. The van der Waals surface area contributed by atoms with Gasteiger partial charge >= 0.3 is 5.97 Å². The zero-order valence-electron chi connectivity index (χ0n) is 24.9. The highest BCUT2D eigenvalue weighted by Gasteiger charge is 2.55. The van der Waals surface area contributed by atoms with Gasteiger partial charge in [-0.15, -0.1) is 0 Å². The third-order valence-corrected chi connectivity index (χ3v) is 9.06. The molecule has 7 rings (SSSR count). The van der Waals surface area contributed by atoms with E-state index in [1.54, 1.807) is 12.1 Å². The summed E-state index contributed by atoms with van der Waals surface area (Å²) in [7, 11) is 0. The molecule has 232 valence electrons. The Labute approximate surface area is 262 Å². The van der Waals surface area contributed by atoms with Crippen molar-refractivity contribution in [3.05, 3.63) is 125 Å². The number of benzene rings is 3. The predicted molar refractivity (Wildman–Crippen MR) is 167 cm³/mol. The molecule has 3 fully saturated rings. The molecule has 0 bridgehead atoms. The maximum atomic E-state index is 13.6. The molecule has 4 aliphatic rings. The number of nitrogens with one attached hydrogen (secondary N) is 1. The first-order valence-corrected chi connectivity index (χ1v) is 15.7. The van der Waals surface area contributed by atoms with Crippen LogP contribution in [-0.2, 0) is 29.5 Å². The molecule has 2 aliphatic carbocycles. The highest BCUT2D eigenvalue weighted by Crippen LogP contribution is 2.47. The number of aliphatic hydroxyl groups is 1. The summed E-state index contributed by atoms with van der Waals surface area (Å²) in [5, 5.41) is 12.0. The van der Waals surface area contributed by atoms with E-state index in [4.69, 9.17) is 18.9 Å². The lowest BCUT2D eigenvalue weighted by Crippen LogP contribution is -2.43. The van der Waals surface area contributed by atoms with E-state index in [9.17, 15) is 14.7 Å². The first kappa shape index (κ1) is 29.6. The van der Waals surface area contributed by atoms with Crippen molar-refractivity contribution in [1.29, 1.82) is 0 Å². The molecule has 2 aliphatic heterocycles. The van der Waals surface area contributed by atoms with Crippen LogP contribution in [-0.4, -0.2) is 60.7 Å². The Morgan fingerprint density at radius 3 is 2.40 bits per heavy atom. The number of hydrogen-bond donors (Lipinski definition) is 2.